The highest BCUT2D eigenvalue weighted by Gasteiger charge is 2.64. The lowest BCUT2D eigenvalue weighted by Crippen LogP contribution is -2.31. The van der Waals surface area contributed by atoms with Crippen molar-refractivity contribution in [2.75, 3.05) is 12.4 Å². The number of nitrogens with one attached hydrogen (secondary N) is 1. The van der Waals surface area contributed by atoms with E-state index in [9.17, 15) is 14.7 Å². The third-order valence-corrected chi connectivity index (χ3v) is 5.27. The first-order valence-corrected chi connectivity index (χ1v) is 7.68. The largest absolute Gasteiger partial charge is 0.495 e. The molecule has 5 heteroatoms. The van der Waals surface area contributed by atoms with E-state index in [1.54, 1.807) is 18.2 Å². The van der Waals surface area contributed by atoms with E-state index in [4.69, 9.17) is 4.74 Å². The van der Waals surface area contributed by atoms with Crippen LogP contribution in [0.3, 0.4) is 0 Å². The van der Waals surface area contributed by atoms with Crippen molar-refractivity contribution in [2.45, 2.75) is 12.8 Å². The SMILES string of the molecule is COc1ccccc1NC(=O)C1C(C(=O)O)=C2C=CC1C21CC1. The number of rotatable bonds is 4. The Morgan fingerprint density at radius 3 is 2.70 bits per heavy atom. The van der Waals surface area contributed by atoms with Crippen LogP contribution in [-0.2, 0) is 9.59 Å². The number of aliphatic carboxylic acids is 1. The Hall–Kier alpha value is -2.56. The molecule has 3 aliphatic rings. The van der Waals surface area contributed by atoms with Gasteiger partial charge >= 0.3 is 5.97 Å². The van der Waals surface area contributed by atoms with Crippen LogP contribution in [0.5, 0.6) is 5.75 Å². The molecule has 2 unspecified atom stereocenters. The molecule has 1 spiro atoms. The number of hydrogen-bond donors (Lipinski definition) is 2. The highest BCUT2D eigenvalue weighted by Crippen LogP contribution is 2.69. The molecule has 0 aliphatic heterocycles. The first kappa shape index (κ1) is 14.1. The number of carbonyl (C=O) groups is 2. The molecular formula is C18H17NO4. The standard InChI is InChI=1S/C18H17NO4/c1-23-13-5-3-2-4-12(13)19-16(20)14-10-6-7-11(15(14)17(21)22)18(10)8-9-18/h2-7,10,14H,8-9H2,1H3,(H,19,20)(H,21,22). The van der Waals surface area contributed by atoms with Gasteiger partial charge in [-0.1, -0.05) is 24.3 Å². The van der Waals surface area contributed by atoms with Crippen molar-refractivity contribution in [3.63, 3.8) is 0 Å². The minimum Gasteiger partial charge on any atom is -0.495 e. The number of methoxy groups -OCH3 is 1. The second-order valence-corrected chi connectivity index (χ2v) is 6.34. The van der Waals surface area contributed by atoms with Gasteiger partial charge in [0.1, 0.15) is 5.75 Å². The molecule has 1 aromatic carbocycles. The van der Waals surface area contributed by atoms with Crippen LogP contribution in [0.15, 0.2) is 47.6 Å². The van der Waals surface area contributed by atoms with Crippen LogP contribution in [0, 0.1) is 17.3 Å². The number of ether oxygens (including phenoxy) is 1. The molecule has 0 saturated heterocycles. The van der Waals surface area contributed by atoms with Gasteiger partial charge in [0, 0.05) is 11.3 Å². The van der Waals surface area contributed by atoms with E-state index in [2.05, 4.69) is 5.32 Å². The highest BCUT2D eigenvalue weighted by atomic mass is 16.5. The maximum Gasteiger partial charge on any atom is 0.332 e. The maximum absolute atomic E-state index is 12.8. The van der Waals surface area contributed by atoms with Crippen molar-refractivity contribution >= 4 is 17.6 Å². The van der Waals surface area contributed by atoms with Crippen LogP contribution in [0.2, 0.25) is 0 Å². The third-order valence-electron chi connectivity index (χ3n) is 5.27. The van der Waals surface area contributed by atoms with Gasteiger partial charge in [-0.2, -0.15) is 0 Å². The van der Waals surface area contributed by atoms with E-state index in [-0.39, 0.29) is 22.8 Å². The summed E-state index contributed by atoms with van der Waals surface area (Å²) < 4.78 is 5.24. The average Bonchev–Trinajstić information content (AvgIpc) is 3.21. The third kappa shape index (κ3) is 1.86. The fourth-order valence-corrected chi connectivity index (χ4v) is 4.10. The number of carboxylic acids is 1. The van der Waals surface area contributed by atoms with Gasteiger partial charge in [-0.15, -0.1) is 0 Å². The summed E-state index contributed by atoms with van der Waals surface area (Å²) in [6, 6.07) is 7.13. The summed E-state index contributed by atoms with van der Waals surface area (Å²) >= 11 is 0. The zero-order valence-corrected chi connectivity index (χ0v) is 12.7. The summed E-state index contributed by atoms with van der Waals surface area (Å²) in [5, 5.41) is 12.4. The molecule has 5 nitrogen and oxygen atoms in total. The van der Waals surface area contributed by atoms with Gasteiger partial charge in [-0.25, -0.2) is 4.79 Å². The minimum absolute atomic E-state index is 0.0293. The van der Waals surface area contributed by atoms with Crippen LogP contribution in [0.4, 0.5) is 5.69 Å². The van der Waals surface area contributed by atoms with Crippen molar-refractivity contribution < 1.29 is 19.4 Å². The van der Waals surface area contributed by atoms with E-state index in [1.807, 2.05) is 18.2 Å². The molecule has 1 saturated carbocycles. The lowest BCUT2D eigenvalue weighted by molar-refractivity contribution is -0.135. The van der Waals surface area contributed by atoms with Gasteiger partial charge in [-0.05, 0) is 30.5 Å². The van der Waals surface area contributed by atoms with Crippen molar-refractivity contribution in [2.24, 2.45) is 17.3 Å². The molecule has 4 rings (SSSR count). The summed E-state index contributed by atoms with van der Waals surface area (Å²) in [4.78, 5) is 24.5. The summed E-state index contributed by atoms with van der Waals surface area (Å²) in [7, 11) is 1.54. The maximum atomic E-state index is 12.8. The molecular weight excluding hydrogens is 294 g/mol. The van der Waals surface area contributed by atoms with E-state index >= 15 is 0 Å². The Morgan fingerprint density at radius 2 is 2.04 bits per heavy atom. The molecule has 1 aromatic rings. The number of anilines is 1. The summed E-state index contributed by atoms with van der Waals surface area (Å²) in [6.07, 6.45) is 5.83. The number of benzene rings is 1. The lowest BCUT2D eigenvalue weighted by Gasteiger charge is -2.21. The number of amides is 1. The number of carboxylic acid groups (broad SMARTS) is 1. The first-order valence-electron chi connectivity index (χ1n) is 7.68. The highest BCUT2D eigenvalue weighted by molar-refractivity contribution is 6.05. The first-order chi connectivity index (χ1) is 11.1. The molecule has 2 bridgehead atoms. The normalized spacial score (nSPS) is 25.8. The van der Waals surface area contributed by atoms with Gasteiger partial charge < -0.3 is 15.2 Å². The van der Waals surface area contributed by atoms with Crippen LogP contribution >= 0.6 is 0 Å². The average molecular weight is 311 g/mol. The topological polar surface area (TPSA) is 75.6 Å². The van der Waals surface area contributed by atoms with E-state index in [1.165, 1.54) is 7.11 Å². The fraction of sp³-hybridized carbons (Fsp3) is 0.333. The van der Waals surface area contributed by atoms with Crippen LogP contribution < -0.4 is 10.1 Å². The molecule has 2 atom stereocenters. The van der Waals surface area contributed by atoms with Crippen LogP contribution in [0.25, 0.3) is 0 Å². The molecule has 0 heterocycles. The van der Waals surface area contributed by atoms with Crippen molar-refractivity contribution in [3.05, 3.63) is 47.6 Å². The predicted octanol–water partition coefficient (Wildman–Crippen LogP) is 2.61. The van der Waals surface area contributed by atoms with Gasteiger partial charge in [-0.3, -0.25) is 4.79 Å². The monoisotopic (exact) mass is 311 g/mol. The molecule has 1 amide bonds. The Morgan fingerprint density at radius 1 is 1.30 bits per heavy atom. The zero-order valence-electron chi connectivity index (χ0n) is 12.7. The van der Waals surface area contributed by atoms with Gasteiger partial charge in [0.25, 0.3) is 0 Å². The van der Waals surface area contributed by atoms with E-state index in [0.717, 1.165) is 18.4 Å². The summed E-state index contributed by atoms with van der Waals surface area (Å²) in [5.74, 6) is -1.36. The number of para-hydroxylation sites is 2. The summed E-state index contributed by atoms with van der Waals surface area (Å²) in [5.41, 5.74) is 1.60. The molecule has 0 aromatic heterocycles. The lowest BCUT2D eigenvalue weighted by atomic mass is 9.84. The van der Waals surface area contributed by atoms with Crippen molar-refractivity contribution in [3.8, 4) is 5.75 Å². The Balaban J connectivity index is 1.66. The molecule has 2 N–H and O–H groups in total. The van der Waals surface area contributed by atoms with Crippen molar-refractivity contribution in [1.29, 1.82) is 0 Å². The Bertz CT molecular complexity index is 773. The zero-order chi connectivity index (χ0) is 16.2. The summed E-state index contributed by atoms with van der Waals surface area (Å²) in [6.45, 7) is 0. The quantitative estimate of drug-likeness (QED) is 0.896. The number of allylic oxidation sites excluding steroid dienone is 3. The fourth-order valence-electron chi connectivity index (χ4n) is 4.10. The number of carbonyl (C=O) groups excluding carboxylic acids is 1. The van der Waals surface area contributed by atoms with Crippen LogP contribution in [0.1, 0.15) is 12.8 Å². The van der Waals surface area contributed by atoms with Gasteiger partial charge in [0.05, 0.1) is 24.3 Å². The smallest absolute Gasteiger partial charge is 0.332 e. The second-order valence-electron chi connectivity index (χ2n) is 6.34. The Kier molecular flexibility index (Phi) is 2.88. The molecule has 1 fully saturated rings. The van der Waals surface area contributed by atoms with Crippen molar-refractivity contribution in [1.82, 2.24) is 0 Å². The van der Waals surface area contributed by atoms with E-state index < -0.39 is 11.9 Å². The molecule has 118 valence electrons. The Labute approximate surface area is 133 Å². The predicted molar refractivity (Wildman–Crippen MR) is 84.1 cm³/mol. The number of hydrogen-bond acceptors (Lipinski definition) is 3. The molecule has 23 heavy (non-hydrogen) atoms. The minimum atomic E-state index is -0.988. The van der Waals surface area contributed by atoms with Gasteiger partial charge in [0.2, 0.25) is 5.91 Å². The molecule has 3 aliphatic carbocycles. The van der Waals surface area contributed by atoms with E-state index in [0.29, 0.717) is 11.4 Å². The second kappa shape index (κ2) is 4.72. The molecule has 0 radical (unpaired) electrons. The van der Waals surface area contributed by atoms with Crippen LogP contribution in [-0.4, -0.2) is 24.1 Å². The van der Waals surface area contributed by atoms with Gasteiger partial charge in [0.15, 0.2) is 0 Å².